The summed E-state index contributed by atoms with van der Waals surface area (Å²) >= 11 is 0. The highest BCUT2D eigenvalue weighted by Gasteiger charge is 2.04. The molecule has 3 nitrogen and oxygen atoms in total. The summed E-state index contributed by atoms with van der Waals surface area (Å²) in [6.07, 6.45) is 0.177. The molecular formula is C19H26N2O. The van der Waals surface area contributed by atoms with E-state index in [2.05, 4.69) is 42.7 Å². The molecular weight excluding hydrogens is 272 g/mol. The van der Waals surface area contributed by atoms with Gasteiger partial charge in [-0.1, -0.05) is 18.2 Å². The Kier molecular flexibility index (Phi) is 5.70. The van der Waals surface area contributed by atoms with Gasteiger partial charge in [0.2, 0.25) is 0 Å². The normalized spacial score (nSPS) is 10.6. The first kappa shape index (κ1) is 16.2. The summed E-state index contributed by atoms with van der Waals surface area (Å²) in [6, 6.07) is 14.5. The maximum Gasteiger partial charge on any atom is 0.142 e. The van der Waals surface area contributed by atoms with E-state index in [1.54, 1.807) is 0 Å². The van der Waals surface area contributed by atoms with Crippen LogP contribution in [0.4, 0.5) is 11.4 Å². The van der Waals surface area contributed by atoms with Gasteiger partial charge in [0.05, 0.1) is 11.8 Å². The summed E-state index contributed by atoms with van der Waals surface area (Å²) in [5.41, 5.74) is 4.84. The number of aryl methyl sites for hydroxylation is 2. The van der Waals surface area contributed by atoms with Crippen LogP contribution in [0.15, 0.2) is 42.5 Å². The molecule has 0 aromatic heterocycles. The van der Waals surface area contributed by atoms with Crippen molar-refractivity contribution in [3.8, 4) is 5.75 Å². The molecule has 2 N–H and O–H groups in total. The molecule has 0 spiro atoms. The molecule has 0 atom stereocenters. The fraction of sp³-hybridized carbons (Fsp3) is 0.368. The Hall–Kier alpha value is -2.16. The van der Waals surface area contributed by atoms with Gasteiger partial charge in [-0.05, 0) is 63.1 Å². The molecule has 0 radical (unpaired) electrons. The average molecular weight is 298 g/mol. The lowest BCUT2D eigenvalue weighted by Gasteiger charge is -2.16. The zero-order valence-corrected chi connectivity index (χ0v) is 13.9. The molecule has 0 aliphatic rings. The molecule has 0 saturated carbocycles. The molecule has 0 amide bonds. The predicted octanol–water partition coefficient (Wildman–Crippen LogP) is 4.61. The van der Waals surface area contributed by atoms with Crippen molar-refractivity contribution in [1.29, 1.82) is 0 Å². The van der Waals surface area contributed by atoms with E-state index < -0.39 is 0 Å². The van der Waals surface area contributed by atoms with Gasteiger partial charge in [-0.3, -0.25) is 0 Å². The van der Waals surface area contributed by atoms with Crippen LogP contribution in [-0.4, -0.2) is 19.2 Å². The Morgan fingerprint density at radius 1 is 0.909 bits per heavy atom. The highest BCUT2D eigenvalue weighted by atomic mass is 16.5. The van der Waals surface area contributed by atoms with Crippen LogP contribution in [0.25, 0.3) is 0 Å². The van der Waals surface area contributed by atoms with Crippen molar-refractivity contribution in [2.75, 3.05) is 23.7 Å². The van der Waals surface area contributed by atoms with Crippen LogP contribution in [0.5, 0.6) is 5.75 Å². The summed E-state index contributed by atoms with van der Waals surface area (Å²) in [5, 5.41) is 6.87. The molecule has 0 aliphatic carbocycles. The SMILES string of the molecule is Cc1ccc(NCCNc2ccccc2OC(C)C)cc1C. The van der Waals surface area contributed by atoms with Gasteiger partial charge in [-0.2, -0.15) is 0 Å². The largest absolute Gasteiger partial charge is 0.489 e. The maximum atomic E-state index is 5.81. The summed E-state index contributed by atoms with van der Waals surface area (Å²) in [7, 11) is 0. The standard InChI is InChI=1S/C19H26N2O/c1-14(2)22-19-8-6-5-7-18(19)21-12-11-20-17-10-9-15(3)16(4)13-17/h5-10,13-14,20-21H,11-12H2,1-4H3. The van der Waals surface area contributed by atoms with Gasteiger partial charge in [0, 0.05) is 18.8 Å². The van der Waals surface area contributed by atoms with Crippen molar-refractivity contribution in [3.63, 3.8) is 0 Å². The smallest absolute Gasteiger partial charge is 0.142 e. The van der Waals surface area contributed by atoms with Crippen molar-refractivity contribution >= 4 is 11.4 Å². The van der Waals surface area contributed by atoms with Crippen LogP contribution in [0, 0.1) is 13.8 Å². The van der Waals surface area contributed by atoms with Gasteiger partial charge in [-0.15, -0.1) is 0 Å². The Morgan fingerprint density at radius 3 is 2.36 bits per heavy atom. The number of benzene rings is 2. The summed E-state index contributed by atoms with van der Waals surface area (Å²) in [6.45, 7) is 10.0. The minimum atomic E-state index is 0.177. The minimum Gasteiger partial charge on any atom is -0.489 e. The third-order valence-electron chi connectivity index (χ3n) is 3.53. The number of nitrogens with one attached hydrogen (secondary N) is 2. The Balaban J connectivity index is 1.85. The fourth-order valence-corrected chi connectivity index (χ4v) is 2.22. The monoisotopic (exact) mass is 298 g/mol. The highest BCUT2D eigenvalue weighted by molar-refractivity contribution is 5.56. The van der Waals surface area contributed by atoms with Crippen molar-refractivity contribution in [2.45, 2.75) is 33.8 Å². The van der Waals surface area contributed by atoms with E-state index in [1.807, 2.05) is 38.1 Å². The second kappa shape index (κ2) is 7.74. The van der Waals surface area contributed by atoms with Crippen LogP contribution < -0.4 is 15.4 Å². The number of hydrogen-bond donors (Lipinski definition) is 2. The maximum absolute atomic E-state index is 5.81. The number of hydrogen-bond acceptors (Lipinski definition) is 3. The van der Waals surface area contributed by atoms with E-state index in [4.69, 9.17) is 4.74 Å². The Bertz CT molecular complexity index is 608. The summed E-state index contributed by atoms with van der Waals surface area (Å²) in [5.74, 6) is 0.906. The zero-order chi connectivity index (χ0) is 15.9. The van der Waals surface area contributed by atoms with Crippen LogP contribution in [0.2, 0.25) is 0 Å². The van der Waals surface area contributed by atoms with Gasteiger partial charge < -0.3 is 15.4 Å². The van der Waals surface area contributed by atoms with Crippen molar-refractivity contribution in [1.82, 2.24) is 0 Å². The topological polar surface area (TPSA) is 33.3 Å². The van der Waals surface area contributed by atoms with Crippen LogP contribution in [0.3, 0.4) is 0 Å². The van der Waals surface area contributed by atoms with Gasteiger partial charge >= 0.3 is 0 Å². The molecule has 0 saturated heterocycles. The van der Waals surface area contributed by atoms with Crippen LogP contribution in [-0.2, 0) is 0 Å². The van der Waals surface area contributed by atoms with E-state index in [9.17, 15) is 0 Å². The highest BCUT2D eigenvalue weighted by Crippen LogP contribution is 2.24. The molecule has 0 fully saturated rings. The molecule has 0 heterocycles. The van der Waals surface area contributed by atoms with E-state index in [1.165, 1.54) is 11.1 Å². The molecule has 0 unspecified atom stereocenters. The van der Waals surface area contributed by atoms with E-state index in [0.717, 1.165) is 30.2 Å². The number of rotatable bonds is 7. The van der Waals surface area contributed by atoms with Gasteiger partial charge in [0.15, 0.2) is 0 Å². The van der Waals surface area contributed by atoms with Crippen molar-refractivity contribution in [3.05, 3.63) is 53.6 Å². The lowest BCUT2D eigenvalue weighted by molar-refractivity contribution is 0.243. The average Bonchev–Trinajstić information content (AvgIpc) is 2.48. The second-order valence-corrected chi connectivity index (χ2v) is 5.82. The lowest BCUT2D eigenvalue weighted by atomic mass is 10.1. The van der Waals surface area contributed by atoms with Crippen LogP contribution in [0.1, 0.15) is 25.0 Å². The minimum absolute atomic E-state index is 0.177. The second-order valence-electron chi connectivity index (χ2n) is 5.82. The summed E-state index contributed by atoms with van der Waals surface area (Å²) in [4.78, 5) is 0. The molecule has 22 heavy (non-hydrogen) atoms. The van der Waals surface area contributed by atoms with Gasteiger partial charge in [-0.25, -0.2) is 0 Å². The molecule has 0 aliphatic heterocycles. The lowest BCUT2D eigenvalue weighted by Crippen LogP contribution is -2.15. The predicted molar refractivity (Wildman–Crippen MR) is 95.1 cm³/mol. The van der Waals surface area contributed by atoms with Gasteiger partial charge in [0.1, 0.15) is 5.75 Å². The molecule has 0 bridgehead atoms. The summed E-state index contributed by atoms with van der Waals surface area (Å²) < 4.78 is 5.81. The fourth-order valence-electron chi connectivity index (χ4n) is 2.22. The Morgan fingerprint density at radius 2 is 1.64 bits per heavy atom. The number of anilines is 2. The van der Waals surface area contributed by atoms with Crippen LogP contribution >= 0.6 is 0 Å². The Labute approximate surface area is 133 Å². The van der Waals surface area contributed by atoms with Gasteiger partial charge in [0.25, 0.3) is 0 Å². The van der Waals surface area contributed by atoms with E-state index in [-0.39, 0.29) is 6.10 Å². The molecule has 2 aromatic carbocycles. The van der Waals surface area contributed by atoms with Crippen molar-refractivity contribution in [2.24, 2.45) is 0 Å². The van der Waals surface area contributed by atoms with E-state index in [0.29, 0.717) is 0 Å². The first-order valence-corrected chi connectivity index (χ1v) is 7.87. The van der Waals surface area contributed by atoms with E-state index >= 15 is 0 Å². The first-order chi connectivity index (χ1) is 10.6. The first-order valence-electron chi connectivity index (χ1n) is 7.87. The number of para-hydroxylation sites is 2. The van der Waals surface area contributed by atoms with Crippen molar-refractivity contribution < 1.29 is 4.74 Å². The molecule has 2 aromatic rings. The third kappa shape index (κ3) is 4.69. The number of ether oxygens (including phenoxy) is 1. The molecule has 2 rings (SSSR count). The quantitative estimate of drug-likeness (QED) is 0.732. The molecule has 118 valence electrons. The third-order valence-corrected chi connectivity index (χ3v) is 3.53. The zero-order valence-electron chi connectivity index (χ0n) is 13.9. The molecule has 3 heteroatoms.